The van der Waals surface area contributed by atoms with Gasteiger partial charge in [0.15, 0.2) is 0 Å². The number of anilines is 2. The molecule has 2 heterocycles. The maximum atomic E-state index is 14.3. The molecule has 1 aliphatic carbocycles. The third-order valence-corrected chi connectivity index (χ3v) is 4.91. The Morgan fingerprint density at radius 1 is 1.40 bits per heavy atom. The smallest absolute Gasteiger partial charge is 0.258 e. The summed E-state index contributed by atoms with van der Waals surface area (Å²) in [6.45, 7) is 2.10. The van der Waals surface area contributed by atoms with Crippen molar-refractivity contribution in [2.75, 3.05) is 10.6 Å². The lowest BCUT2D eigenvalue weighted by Crippen LogP contribution is -2.21. The van der Waals surface area contributed by atoms with Crippen LogP contribution in [0, 0.1) is 11.7 Å². The molecule has 2 aromatic rings. The van der Waals surface area contributed by atoms with E-state index in [1.807, 2.05) is 4.68 Å². The summed E-state index contributed by atoms with van der Waals surface area (Å²) in [6, 6.07) is 3.02. The minimum absolute atomic E-state index is 0.0297. The summed E-state index contributed by atoms with van der Waals surface area (Å²) in [5.41, 5.74) is 1.72. The number of aryl methyl sites for hydroxylation is 1. The van der Waals surface area contributed by atoms with Crippen LogP contribution in [-0.4, -0.2) is 21.6 Å². The van der Waals surface area contributed by atoms with Gasteiger partial charge in [-0.15, -0.1) is 0 Å². The van der Waals surface area contributed by atoms with Crippen molar-refractivity contribution in [1.29, 1.82) is 0 Å². The summed E-state index contributed by atoms with van der Waals surface area (Å²) < 4.78 is 16.1. The van der Waals surface area contributed by atoms with Crippen LogP contribution in [0.2, 0.25) is 0 Å². The fourth-order valence-corrected chi connectivity index (χ4v) is 3.19. The predicted octanol–water partition coefficient (Wildman–Crippen LogP) is 3.13. The Balaban J connectivity index is 1.52. The average molecular weight is 342 g/mol. The summed E-state index contributed by atoms with van der Waals surface area (Å²) in [5, 5.41) is 9.61. The quantitative estimate of drug-likeness (QED) is 0.896. The number of nitrogens with one attached hydrogen (secondary N) is 2. The number of hydrogen-bond acceptors (Lipinski definition) is 3. The summed E-state index contributed by atoms with van der Waals surface area (Å²) in [7, 11) is 0. The highest BCUT2D eigenvalue weighted by Crippen LogP contribution is 2.39. The van der Waals surface area contributed by atoms with E-state index in [-0.39, 0.29) is 11.5 Å². The van der Waals surface area contributed by atoms with E-state index in [1.165, 1.54) is 25.0 Å². The normalized spacial score (nSPS) is 17.6. The zero-order chi connectivity index (χ0) is 17.6. The van der Waals surface area contributed by atoms with Crippen molar-refractivity contribution >= 4 is 23.2 Å². The zero-order valence-corrected chi connectivity index (χ0v) is 13.9. The van der Waals surface area contributed by atoms with Gasteiger partial charge < -0.3 is 10.6 Å². The third-order valence-electron chi connectivity index (χ3n) is 4.91. The lowest BCUT2D eigenvalue weighted by atomic mass is 9.99. The number of carbonyl (C=O) groups is 2. The second kappa shape index (κ2) is 5.98. The number of aromatic nitrogens is 2. The molecule has 0 bridgehead atoms. The molecule has 2 aliphatic rings. The number of rotatable bonds is 4. The number of halogens is 1. The highest BCUT2D eigenvalue weighted by molar-refractivity contribution is 6.05. The minimum atomic E-state index is -0.655. The molecule has 1 atom stereocenters. The largest absolute Gasteiger partial charge is 0.326 e. The van der Waals surface area contributed by atoms with Gasteiger partial charge in [-0.2, -0.15) is 5.10 Å². The van der Waals surface area contributed by atoms with Gasteiger partial charge in [0.05, 0.1) is 23.5 Å². The van der Waals surface area contributed by atoms with Gasteiger partial charge in [0.1, 0.15) is 5.82 Å². The molecule has 1 aromatic heterocycles. The van der Waals surface area contributed by atoms with E-state index in [0.29, 0.717) is 36.2 Å². The molecule has 130 valence electrons. The van der Waals surface area contributed by atoms with Crippen LogP contribution in [0.1, 0.15) is 48.1 Å². The molecule has 4 rings (SSSR count). The average Bonchev–Trinajstić information content (AvgIpc) is 3.33. The van der Waals surface area contributed by atoms with E-state index in [2.05, 4.69) is 22.7 Å². The molecule has 1 saturated carbocycles. The van der Waals surface area contributed by atoms with Crippen molar-refractivity contribution < 1.29 is 14.0 Å². The van der Waals surface area contributed by atoms with Crippen LogP contribution >= 0.6 is 0 Å². The molecule has 1 fully saturated rings. The van der Waals surface area contributed by atoms with Gasteiger partial charge in [0.25, 0.3) is 5.91 Å². The molecular formula is C18H19FN4O2. The van der Waals surface area contributed by atoms with Gasteiger partial charge in [0.2, 0.25) is 5.91 Å². The Morgan fingerprint density at radius 3 is 2.96 bits per heavy atom. The minimum Gasteiger partial charge on any atom is -0.326 e. The maximum absolute atomic E-state index is 14.3. The van der Waals surface area contributed by atoms with Gasteiger partial charge in [-0.3, -0.25) is 14.3 Å². The van der Waals surface area contributed by atoms with Crippen molar-refractivity contribution in [3.8, 4) is 0 Å². The van der Waals surface area contributed by atoms with Crippen molar-refractivity contribution in [3.05, 3.63) is 41.5 Å². The Kier molecular flexibility index (Phi) is 3.78. The van der Waals surface area contributed by atoms with Crippen LogP contribution in [0.25, 0.3) is 0 Å². The van der Waals surface area contributed by atoms with Crippen LogP contribution in [0.5, 0.6) is 0 Å². The SMILES string of the molecule is CC(C1CC1)n1cc(NC(=O)c2cc3c(cc2F)NC(=O)CC3)cn1. The second-order valence-electron chi connectivity index (χ2n) is 6.78. The molecule has 6 nitrogen and oxygen atoms in total. The van der Waals surface area contributed by atoms with E-state index < -0.39 is 11.7 Å². The van der Waals surface area contributed by atoms with Gasteiger partial charge in [-0.1, -0.05) is 0 Å². The first kappa shape index (κ1) is 15.8. The molecular weight excluding hydrogens is 323 g/mol. The number of amides is 2. The molecule has 2 amide bonds. The van der Waals surface area contributed by atoms with Crippen LogP contribution in [-0.2, 0) is 11.2 Å². The van der Waals surface area contributed by atoms with Crippen LogP contribution in [0.4, 0.5) is 15.8 Å². The van der Waals surface area contributed by atoms with Crippen molar-refractivity contribution in [3.63, 3.8) is 0 Å². The summed E-state index contributed by atoms with van der Waals surface area (Å²) >= 11 is 0. The summed E-state index contributed by atoms with van der Waals surface area (Å²) in [6.07, 6.45) is 6.61. The fourth-order valence-electron chi connectivity index (χ4n) is 3.19. The fraction of sp³-hybridized carbons (Fsp3) is 0.389. The lowest BCUT2D eigenvalue weighted by Gasteiger charge is -2.18. The summed E-state index contributed by atoms with van der Waals surface area (Å²) in [5.74, 6) is -0.661. The Labute approximate surface area is 144 Å². The molecule has 1 unspecified atom stereocenters. The molecule has 7 heteroatoms. The first-order chi connectivity index (χ1) is 12.0. The number of nitrogens with zero attached hydrogens (tertiary/aromatic N) is 2. The molecule has 0 radical (unpaired) electrons. The Bertz CT molecular complexity index is 857. The van der Waals surface area contributed by atoms with Crippen molar-refractivity contribution in [2.45, 2.75) is 38.6 Å². The molecule has 0 saturated heterocycles. The number of benzene rings is 1. The molecule has 25 heavy (non-hydrogen) atoms. The number of fused-ring (bicyclic) bond motifs is 1. The predicted molar refractivity (Wildman–Crippen MR) is 91.0 cm³/mol. The van der Waals surface area contributed by atoms with E-state index in [4.69, 9.17) is 0 Å². The van der Waals surface area contributed by atoms with E-state index >= 15 is 0 Å². The molecule has 2 N–H and O–H groups in total. The highest BCUT2D eigenvalue weighted by atomic mass is 19.1. The Hall–Kier alpha value is -2.70. The summed E-state index contributed by atoms with van der Waals surface area (Å²) in [4.78, 5) is 23.8. The van der Waals surface area contributed by atoms with Gasteiger partial charge in [0, 0.05) is 18.3 Å². The van der Waals surface area contributed by atoms with Crippen LogP contribution in [0.3, 0.4) is 0 Å². The molecule has 0 spiro atoms. The van der Waals surface area contributed by atoms with E-state index in [9.17, 15) is 14.0 Å². The van der Waals surface area contributed by atoms with E-state index in [0.717, 1.165) is 5.56 Å². The van der Waals surface area contributed by atoms with Crippen molar-refractivity contribution in [2.24, 2.45) is 5.92 Å². The second-order valence-corrected chi connectivity index (χ2v) is 6.78. The standard InChI is InChI=1S/C18H19FN4O2/c1-10(11-2-3-11)23-9-13(8-20-23)21-18(25)14-6-12-4-5-17(24)22-16(12)7-15(14)19/h6-11H,2-5H2,1H3,(H,21,25)(H,22,24). The Morgan fingerprint density at radius 2 is 2.20 bits per heavy atom. The topological polar surface area (TPSA) is 76.0 Å². The zero-order valence-electron chi connectivity index (χ0n) is 13.9. The highest BCUT2D eigenvalue weighted by Gasteiger charge is 2.29. The van der Waals surface area contributed by atoms with Crippen LogP contribution < -0.4 is 10.6 Å². The first-order valence-electron chi connectivity index (χ1n) is 8.49. The van der Waals surface area contributed by atoms with Crippen LogP contribution in [0.15, 0.2) is 24.5 Å². The van der Waals surface area contributed by atoms with Gasteiger partial charge >= 0.3 is 0 Å². The monoisotopic (exact) mass is 342 g/mol. The van der Waals surface area contributed by atoms with Gasteiger partial charge in [-0.05, 0) is 49.8 Å². The van der Waals surface area contributed by atoms with Crippen molar-refractivity contribution in [1.82, 2.24) is 9.78 Å². The van der Waals surface area contributed by atoms with Gasteiger partial charge in [-0.25, -0.2) is 4.39 Å². The number of hydrogen-bond donors (Lipinski definition) is 2. The number of carbonyl (C=O) groups excluding carboxylic acids is 2. The first-order valence-corrected chi connectivity index (χ1v) is 8.49. The molecule has 1 aromatic carbocycles. The molecule has 1 aliphatic heterocycles. The maximum Gasteiger partial charge on any atom is 0.258 e. The third kappa shape index (κ3) is 3.14. The van der Waals surface area contributed by atoms with E-state index in [1.54, 1.807) is 12.4 Å². The lowest BCUT2D eigenvalue weighted by molar-refractivity contribution is -0.116.